The van der Waals surface area contributed by atoms with Gasteiger partial charge in [-0.15, -0.1) is 0 Å². The van der Waals surface area contributed by atoms with Crippen molar-refractivity contribution in [2.24, 2.45) is 17.3 Å². The molecule has 12 nitrogen and oxygen atoms in total. The quantitative estimate of drug-likeness (QED) is 0.173. The van der Waals surface area contributed by atoms with Crippen LogP contribution >= 0.6 is 0 Å². The van der Waals surface area contributed by atoms with Crippen LogP contribution in [0.1, 0.15) is 78.5 Å². The number of aliphatic hydroxyl groups excluding tert-OH is 3. The van der Waals surface area contributed by atoms with Gasteiger partial charge in [0, 0.05) is 50.5 Å². The summed E-state index contributed by atoms with van der Waals surface area (Å²) in [5.41, 5.74) is 3.39. The van der Waals surface area contributed by atoms with Crippen LogP contribution < -0.4 is 20.3 Å². The molecule has 58 heavy (non-hydrogen) atoms. The second-order valence-corrected chi connectivity index (χ2v) is 17.1. The summed E-state index contributed by atoms with van der Waals surface area (Å²) in [6.07, 6.45) is 1.00. The molecule has 15 heteroatoms. The summed E-state index contributed by atoms with van der Waals surface area (Å²) < 4.78 is 51.1. The molecule has 2 saturated carbocycles. The summed E-state index contributed by atoms with van der Waals surface area (Å²) in [7, 11) is 0. The zero-order valence-electron chi connectivity index (χ0n) is 32.9. The van der Waals surface area contributed by atoms with Crippen molar-refractivity contribution >= 4 is 17.4 Å². The van der Waals surface area contributed by atoms with Crippen molar-refractivity contribution in [1.29, 1.82) is 0 Å². The Labute approximate surface area is 337 Å². The minimum absolute atomic E-state index is 0.0291. The molecule has 5 aliphatic rings. The van der Waals surface area contributed by atoms with Gasteiger partial charge < -0.3 is 40.3 Å². The summed E-state index contributed by atoms with van der Waals surface area (Å²) in [5.74, 6) is 2.45. The second kappa shape index (κ2) is 16.9. The van der Waals surface area contributed by atoms with Gasteiger partial charge in [-0.05, 0) is 116 Å². The molecule has 2 saturated heterocycles. The number of rotatable bonds is 11. The minimum atomic E-state index is -4.66. The SMILES string of the molecule is C[C@]12CC[C@@H]3c4ccc(OCCCNC(=O)c5ccc(N6CCN(C[C@H]7OC[C@H](Nc8cncc(C(F)(F)F)n8)[C@@H](O)[C@H]7O)CC6)cc5)cc4CC[C@H]3[C@@H]1CC[C@@H]2O. The molecule has 8 rings (SSSR count). The topological polar surface area (TPSA) is 153 Å². The lowest BCUT2D eigenvalue weighted by atomic mass is 9.55. The van der Waals surface area contributed by atoms with Gasteiger partial charge in [-0.3, -0.25) is 14.7 Å². The van der Waals surface area contributed by atoms with Crippen molar-refractivity contribution in [3.05, 3.63) is 77.2 Å². The molecular weight excluding hydrogens is 754 g/mol. The Balaban J connectivity index is 0.732. The number of nitrogens with one attached hydrogen (secondary N) is 2. The van der Waals surface area contributed by atoms with E-state index in [2.05, 4.69) is 55.5 Å². The van der Waals surface area contributed by atoms with Crippen molar-refractivity contribution < 1.29 is 42.8 Å². The molecule has 0 spiro atoms. The molecule has 1 aromatic heterocycles. The van der Waals surface area contributed by atoms with Gasteiger partial charge in [-0.1, -0.05) is 13.0 Å². The molecule has 2 aliphatic heterocycles. The largest absolute Gasteiger partial charge is 0.494 e. The zero-order valence-corrected chi connectivity index (χ0v) is 32.9. The van der Waals surface area contributed by atoms with Crippen LogP contribution in [0, 0.1) is 17.3 Å². The number of ether oxygens (including phenoxy) is 2. The van der Waals surface area contributed by atoms with Crippen LogP contribution in [0.2, 0.25) is 0 Å². The average molecular weight is 809 g/mol. The number of piperazine rings is 1. The van der Waals surface area contributed by atoms with Crippen molar-refractivity contribution in [1.82, 2.24) is 20.2 Å². The highest BCUT2D eigenvalue weighted by atomic mass is 19.4. The van der Waals surface area contributed by atoms with Crippen molar-refractivity contribution in [3.63, 3.8) is 0 Å². The molecule has 3 aromatic rings. The van der Waals surface area contributed by atoms with Gasteiger partial charge in [0.15, 0.2) is 5.69 Å². The van der Waals surface area contributed by atoms with Gasteiger partial charge >= 0.3 is 6.18 Å². The van der Waals surface area contributed by atoms with E-state index in [0.29, 0.717) is 81.8 Å². The average Bonchev–Trinajstić information content (AvgIpc) is 3.54. The number of aromatic nitrogens is 2. The third-order valence-corrected chi connectivity index (χ3v) is 13.7. The highest BCUT2D eigenvalue weighted by Crippen LogP contribution is 2.61. The highest BCUT2D eigenvalue weighted by molar-refractivity contribution is 5.94. The first-order valence-electron chi connectivity index (χ1n) is 20.8. The number of aryl methyl sites for hydroxylation is 1. The first-order chi connectivity index (χ1) is 27.9. The molecule has 3 aliphatic carbocycles. The fourth-order valence-electron chi connectivity index (χ4n) is 10.4. The third kappa shape index (κ3) is 8.51. The van der Waals surface area contributed by atoms with E-state index in [9.17, 15) is 33.3 Å². The number of amides is 1. The van der Waals surface area contributed by atoms with E-state index in [1.165, 1.54) is 17.5 Å². The highest BCUT2D eigenvalue weighted by Gasteiger charge is 2.54. The number of fused-ring (bicyclic) bond motifs is 5. The third-order valence-electron chi connectivity index (χ3n) is 13.7. The number of benzene rings is 2. The number of anilines is 2. The second-order valence-electron chi connectivity index (χ2n) is 17.1. The summed E-state index contributed by atoms with van der Waals surface area (Å²) in [5, 5.41) is 38.0. The van der Waals surface area contributed by atoms with Crippen molar-refractivity contribution in [3.8, 4) is 5.75 Å². The first-order valence-corrected chi connectivity index (χ1v) is 20.8. The van der Waals surface area contributed by atoms with Gasteiger partial charge in [0.1, 0.15) is 23.8 Å². The van der Waals surface area contributed by atoms with E-state index >= 15 is 0 Å². The van der Waals surface area contributed by atoms with Crippen LogP contribution in [0.5, 0.6) is 5.75 Å². The van der Waals surface area contributed by atoms with E-state index in [0.717, 1.165) is 49.7 Å². The van der Waals surface area contributed by atoms with Crippen LogP contribution in [0.15, 0.2) is 54.9 Å². The molecule has 0 unspecified atom stereocenters. The number of hydrogen-bond donors (Lipinski definition) is 5. The molecule has 1 amide bonds. The van der Waals surface area contributed by atoms with Crippen molar-refractivity contribution in [2.75, 3.05) is 62.7 Å². The Bertz CT molecular complexity index is 1900. The molecule has 2 aromatic carbocycles. The van der Waals surface area contributed by atoms with Crippen molar-refractivity contribution in [2.45, 2.75) is 94.4 Å². The van der Waals surface area contributed by atoms with Gasteiger partial charge in [0.05, 0.1) is 43.9 Å². The predicted molar refractivity (Wildman–Crippen MR) is 211 cm³/mol. The van der Waals surface area contributed by atoms with E-state index < -0.39 is 36.2 Å². The van der Waals surface area contributed by atoms with Crippen LogP contribution in [0.4, 0.5) is 24.7 Å². The predicted octanol–water partition coefficient (Wildman–Crippen LogP) is 4.63. The van der Waals surface area contributed by atoms with E-state index in [1.54, 1.807) is 0 Å². The Morgan fingerprint density at radius 3 is 2.57 bits per heavy atom. The Morgan fingerprint density at radius 1 is 1.00 bits per heavy atom. The summed E-state index contributed by atoms with van der Waals surface area (Å²) in [6.45, 7) is 6.48. The Hall–Kier alpha value is -4.02. The number of hydrogen-bond acceptors (Lipinski definition) is 11. The van der Waals surface area contributed by atoms with Gasteiger partial charge in [-0.2, -0.15) is 13.2 Å². The molecule has 314 valence electrons. The number of carbonyl (C=O) groups is 1. The lowest BCUT2D eigenvalue weighted by Crippen LogP contribution is -2.59. The van der Waals surface area contributed by atoms with Crippen LogP contribution in [-0.2, 0) is 17.3 Å². The lowest BCUT2D eigenvalue weighted by molar-refractivity contribution is -0.147. The maximum Gasteiger partial charge on any atom is 0.434 e. The molecule has 3 heterocycles. The standard InChI is InChI=1S/C43H55F3N6O6/c1-42-14-13-31-30-10-8-29(21-27(30)5-9-32(31)33(42)11-12-37(42)53)57-20-2-15-48-41(56)26-3-6-28(7-4-26)52-18-16-51(17-19-52)24-35-40(55)39(54)34(25-58-35)49-38-23-47-22-36(50-38)43(44,45)46/h3-4,6-8,10,21-23,31-35,37,39-40,53-55H,2,5,9,11-20,24-25H2,1H3,(H,48,56)(H,49,50)/t31-,32-,33+,34+,35-,37+,39-,40+,42+/m1/s1. The van der Waals surface area contributed by atoms with E-state index in [-0.39, 0.29) is 29.9 Å². The van der Waals surface area contributed by atoms with E-state index in [1.807, 2.05) is 24.3 Å². The van der Waals surface area contributed by atoms with E-state index in [4.69, 9.17) is 9.47 Å². The van der Waals surface area contributed by atoms with Gasteiger partial charge in [-0.25, -0.2) is 4.98 Å². The monoisotopic (exact) mass is 808 g/mol. The first kappa shape index (κ1) is 40.7. The smallest absolute Gasteiger partial charge is 0.434 e. The normalized spacial score (nSPS) is 31.2. The Kier molecular flexibility index (Phi) is 11.9. The Morgan fingerprint density at radius 2 is 1.79 bits per heavy atom. The fraction of sp³-hybridized carbons (Fsp3) is 0.605. The maximum atomic E-state index is 13.0. The van der Waals surface area contributed by atoms with Gasteiger partial charge in [0.2, 0.25) is 0 Å². The van der Waals surface area contributed by atoms with Gasteiger partial charge in [0.25, 0.3) is 5.91 Å². The number of halogens is 3. The zero-order chi connectivity index (χ0) is 40.6. The fourth-order valence-corrected chi connectivity index (χ4v) is 10.4. The molecule has 9 atom stereocenters. The minimum Gasteiger partial charge on any atom is -0.494 e. The molecule has 4 fully saturated rings. The molecular formula is C43H55F3N6O6. The van der Waals surface area contributed by atoms with Crippen LogP contribution in [0.25, 0.3) is 0 Å². The summed E-state index contributed by atoms with van der Waals surface area (Å²) in [4.78, 5) is 24.4. The summed E-state index contributed by atoms with van der Waals surface area (Å²) in [6, 6.07) is 13.3. The maximum absolute atomic E-state index is 13.0. The van der Waals surface area contributed by atoms with Crippen LogP contribution in [0.3, 0.4) is 0 Å². The number of nitrogens with zero attached hydrogens (tertiary/aromatic N) is 4. The number of aliphatic hydroxyl groups is 3. The number of alkyl halides is 3. The lowest BCUT2D eigenvalue weighted by Gasteiger charge is -2.50. The van der Waals surface area contributed by atoms with Crippen LogP contribution in [-0.4, -0.2) is 119 Å². The molecule has 0 radical (unpaired) electrons. The molecule has 0 bridgehead atoms. The number of carbonyl (C=O) groups excluding carboxylic acids is 1. The summed E-state index contributed by atoms with van der Waals surface area (Å²) >= 11 is 0. The molecule has 5 N–H and O–H groups in total.